The van der Waals surface area contributed by atoms with Crippen LogP contribution >= 0.6 is 0 Å². The second-order valence-electron chi connectivity index (χ2n) is 8.39. The zero-order valence-corrected chi connectivity index (χ0v) is 16.1. The zero-order valence-electron chi connectivity index (χ0n) is 16.1. The van der Waals surface area contributed by atoms with E-state index in [1.807, 2.05) is 39.0 Å². The summed E-state index contributed by atoms with van der Waals surface area (Å²) in [5.74, 6) is -0.251. The van der Waals surface area contributed by atoms with Crippen molar-refractivity contribution in [3.05, 3.63) is 34.9 Å². The maximum Gasteiger partial charge on any atom is 0.410 e. The smallest absolute Gasteiger partial charge is 0.410 e. The molecule has 0 aromatic heterocycles. The van der Waals surface area contributed by atoms with E-state index >= 15 is 0 Å². The summed E-state index contributed by atoms with van der Waals surface area (Å²) in [7, 11) is 0. The van der Waals surface area contributed by atoms with Crippen LogP contribution in [0.4, 0.5) is 4.79 Å². The van der Waals surface area contributed by atoms with Crippen LogP contribution in [0.2, 0.25) is 0 Å². The molecule has 0 N–H and O–H groups in total. The molecule has 3 aliphatic rings. The van der Waals surface area contributed by atoms with Crippen molar-refractivity contribution in [1.29, 1.82) is 0 Å². The molecule has 2 saturated heterocycles. The van der Waals surface area contributed by atoms with Crippen LogP contribution in [0.1, 0.15) is 48.4 Å². The number of esters is 1. The number of amides is 1. The van der Waals surface area contributed by atoms with Crippen molar-refractivity contribution in [3.63, 3.8) is 0 Å². The molecule has 1 amide bonds. The predicted octanol–water partition coefficient (Wildman–Crippen LogP) is 2.35. The first kappa shape index (κ1) is 18.3. The minimum atomic E-state index is -0.485. The van der Waals surface area contributed by atoms with Gasteiger partial charge >= 0.3 is 12.1 Å². The number of fused-ring (bicyclic) bond motifs is 2. The standard InChI is InChI=1S/C20H26N2O5/c1-20(2,3)27-19(24)22-7-6-21-10-17(25-12-15(21)9-22)13-4-5-16-14(8-13)11-26-18(16)23/h4-5,8,15,17H,6-7,9-12H2,1-3H3. The molecule has 2 atom stereocenters. The van der Waals surface area contributed by atoms with Gasteiger partial charge in [0.15, 0.2) is 0 Å². The van der Waals surface area contributed by atoms with Crippen molar-refractivity contribution in [2.45, 2.75) is 45.1 Å². The topological polar surface area (TPSA) is 68.3 Å². The SMILES string of the molecule is CC(C)(C)OC(=O)N1CCN2CC(c3ccc4c(c3)COC4=O)OCC2C1. The molecule has 146 valence electrons. The summed E-state index contributed by atoms with van der Waals surface area (Å²) < 4.78 is 16.7. The summed E-state index contributed by atoms with van der Waals surface area (Å²) in [6.07, 6.45) is -0.289. The van der Waals surface area contributed by atoms with Gasteiger partial charge in [-0.1, -0.05) is 6.07 Å². The average molecular weight is 374 g/mol. The van der Waals surface area contributed by atoms with E-state index in [1.165, 1.54) is 0 Å². The molecule has 1 aromatic rings. The van der Waals surface area contributed by atoms with E-state index in [-0.39, 0.29) is 24.2 Å². The van der Waals surface area contributed by atoms with Gasteiger partial charge in [0, 0.05) is 31.7 Å². The molecule has 7 nitrogen and oxygen atoms in total. The number of carbonyl (C=O) groups is 2. The van der Waals surface area contributed by atoms with Crippen molar-refractivity contribution in [2.75, 3.05) is 32.8 Å². The number of benzene rings is 1. The predicted molar refractivity (Wildman–Crippen MR) is 97.4 cm³/mol. The zero-order chi connectivity index (χ0) is 19.2. The number of carbonyl (C=O) groups excluding carboxylic acids is 2. The quantitative estimate of drug-likeness (QED) is 0.703. The van der Waals surface area contributed by atoms with E-state index in [0.717, 1.165) is 24.2 Å². The third kappa shape index (κ3) is 3.80. The van der Waals surface area contributed by atoms with Crippen LogP contribution in [-0.2, 0) is 20.8 Å². The molecule has 27 heavy (non-hydrogen) atoms. The Balaban J connectivity index is 1.38. The lowest BCUT2D eigenvalue weighted by molar-refractivity contribution is -0.0906. The highest BCUT2D eigenvalue weighted by molar-refractivity contribution is 5.93. The number of rotatable bonds is 1. The van der Waals surface area contributed by atoms with Crippen molar-refractivity contribution in [2.24, 2.45) is 0 Å². The molecule has 4 rings (SSSR count). The molecule has 0 saturated carbocycles. The first-order valence-electron chi connectivity index (χ1n) is 9.44. The fraction of sp³-hybridized carbons (Fsp3) is 0.600. The fourth-order valence-electron chi connectivity index (χ4n) is 3.83. The molecular formula is C20H26N2O5. The van der Waals surface area contributed by atoms with E-state index in [2.05, 4.69) is 4.90 Å². The lowest BCUT2D eigenvalue weighted by Crippen LogP contribution is -2.60. The largest absolute Gasteiger partial charge is 0.457 e. The van der Waals surface area contributed by atoms with Gasteiger partial charge in [0.2, 0.25) is 0 Å². The number of morpholine rings is 1. The van der Waals surface area contributed by atoms with Crippen LogP contribution in [0.5, 0.6) is 0 Å². The van der Waals surface area contributed by atoms with E-state index in [0.29, 0.717) is 31.9 Å². The maximum atomic E-state index is 12.3. The Morgan fingerprint density at radius 3 is 2.81 bits per heavy atom. The van der Waals surface area contributed by atoms with E-state index < -0.39 is 5.60 Å². The first-order valence-corrected chi connectivity index (χ1v) is 9.44. The van der Waals surface area contributed by atoms with Gasteiger partial charge in [0.05, 0.1) is 24.3 Å². The minimum Gasteiger partial charge on any atom is -0.457 e. The van der Waals surface area contributed by atoms with Crippen LogP contribution < -0.4 is 0 Å². The second-order valence-corrected chi connectivity index (χ2v) is 8.39. The summed E-state index contributed by atoms with van der Waals surface area (Å²) in [5, 5.41) is 0. The Hall–Kier alpha value is -2.12. The van der Waals surface area contributed by atoms with Gasteiger partial charge in [-0.25, -0.2) is 9.59 Å². The minimum absolute atomic E-state index is 0.0321. The Labute approximate surface area is 159 Å². The number of piperazine rings is 1. The van der Waals surface area contributed by atoms with Crippen molar-refractivity contribution in [1.82, 2.24) is 9.80 Å². The van der Waals surface area contributed by atoms with Gasteiger partial charge in [0.1, 0.15) is 12.2 Å². The highest BCUT2D eigenvalue weighted by atomic mass is 16.6. The molecule has 7 heteroatoms. The summed E-state index contributed by atoms with van der Waals surface area (Å²) in [6.45, 7) is 9.40. The fourth-order valence-corrected chi connectivity index (χ4v) is 3.83. The van der Waals surface area contributed by atoms with Crippen molar-refractivity contribution >= 4 is 12.1 Å². The Kier molecular flexibility index (Phi) is 4.60. The van der Waals surface area contributed by atoms with Crippen molar-refractivity contribution < 1.29 is 23.8 Å². The van der Waals surface area contributed by atoms with Gasteiger partial charge in [-0.3, -0.25) is 4.90 Å². The lowest BCUT2D eigenvalue weighted by Gasteiger charge is -2.46. The third-order valence-corrected chi connectivity index (χ3v) is 5.23. The number of ether oxygens (including phenoxy) is 3. The molecule has 3 aliphatic heterocycles. The number of nitrogens with zero attached hydrogens (tertiary/aromatic N) is 2. The van der Waals surface area contributed by atoms with Gasteiger partial charge in [0.25, 0.3) is 0 Å². The van der Waals surface area contributed by atoms with Crippen LogP contribution in [0.3, 0.4) is 0 Å². The Bertz CT molecular complexity index is 757. The maximum absolute atomic E-state index is 12.3. The van der Waals surface area contributed by atoms with Crippen LogP contribution in [0.25, 0.3) is 0 Å². The highest BCUT2D eigenvalue weighted by Crippen LogP contribution is 2.30. The van der Waals surface area contributed by atoms with Gasteiger partial charge in [-0.05, 0) is 38.5 Å². The van der Waals surface area contributed by atoms with Crippen LogP contribution in [-0.4, -0.2) is 66.3 Å². The first-order chi connectivity index (χ1) is 12.8. The highest BCUT2D eigenvalue weighted by Gasteiger charge is 2.37. The summed E-state index contributed by atoms with van der Waals surface area (Å²) >= 11 is 0. The number of hydrogen-bond acceptors (Lipinski definition) is 6. The molecule has 3 heterocycles. The molecule has 0 radical (unpaired) electrons. The molecule has 1 aromatic carbocycles. The van der Waals surface area contributed by atoms with E-state index in [4.69, 9.17) is 14.2 Å². The summed E-state index contributed by atoms with van der Waals surface area (Å²) in [6, 6.07) is 5.98. The number of cyclic esters (lactones) is 1. The summed E-state index contributed by atoms with van der Waals surface area (Å²) in [4.78, 5) is 28.1. The van der Waals surface area contributed by atoms with Gasteiger partial charge in [-0.15, -0.1) is 0 Å². The summed E-state index contributed by atoms with van der Waals surface area (Å²) in [5.41, 5.74) is 2.16. The Morgan fingerprint density at radius 1 is 1.22 bits per heavy atom. The van der Waals surface area contributed by atoms with E-state index in [1.54, 1.807) is 4.90 Å². The van der Waals surface area contributed by atoms with E-state index in [9.17, 15) is 9.59 Å². The van der Waals surface area contributed by atoms with Crippen LogP contribution in [0.15, 0.2) is 18.2 Å². The molecule has 2 unspecified atom stereocenters. The monoisotopic (exact) mass is 374 g/mol. The number of hydrogen-bond donors (Lipinski definition) is 0. The third-order valence-electron chi connectivity index (χ3n) is 5.23. The van der Waals surface area contributed by atoms with Gasteiger partial charge in [-0.2, -0.15) is 0 Å². The molecule has 0 aliphatic carbocycles. The van der Waals surface area contributed by atoms with Gasteiger partial charge < -0.3 is 19.1 Å². The second kappa shape index (κ2) is 6.80. The molecule has 2 fully saturated rings. The molecule has 0 bridgehead atoms. The molecular weight excluding hydrogens is 348 g/mol. The van der Waals surface area contributed by atoms with Crippen LogP contribution in [0, 0.1) is 0 Å². The lowest BCUT2D eigenvalue weighted by atomic mass is 10.00. The average Bonchev–Trinajstić information content (AvgIpc) is 3.00. The van der Waals surface area contributed by atoms with Crippen molar-refractivity contribution in [3.8, 4) is 0 Å². The Morgan fingerprint density at radius 2 is 2.04 bits per heavy atom. The molecule has 0 spiro atoms. The normalized spacial score (nSPS) is 25.6.